The van der Waals surface area contributed by atoms with Gasteiger partial charge in [-0.15, -0.1) is 0 Å². The zero-order valence-electron chi connectivity index (χ0n) is 29.5. The molecule has 5 rings (SSSR count). The van der Waals surface area contributed by atoms with Crippen LogP contribution in [0.4, 0.5) is 11.6 Å². The second-order valence-electron chi connectivity index (χ2n) is 13.6. The molecule has 1 atom stereocenters. The molecule has 0 aliphatic carbocycles. The van der Waals surface area contributed by atoms with E-state index in [1.165, 1.54) is 6.33 Å². The van der Waals surface area contributed by atoms with Crippen LogP contribution in [-0.2, 0) is 10.8 Å². The fourth-order valence-electron chi connectivity index (χ4n) is 5.56. The van der Waals surface area contributed by atoms with Gasteiger partial charge >= 0.3 is 0 Å². The number of likely N-dealkylation sites (N-methyl/N-ethyl adjacent to an activating group) is 1. The average molecular weight is 692 g/mol. The number of fused-ring (bicyclic) bond motifs is 1. The quantitative estimate of drug-likeness (QED) is 0.181. The molecule has 0 radical (unpaired) electrons. The first-order chi connectivity index (χ1) is 23.3. The number of allylic oxidation sites excluding steroid dienone is 1. The van der Waals surface area contributed by atoms with Gasteiger partial charge in [-0.2, -0.15) is 0 Å². The van der Waals surface area contributed by atoms with E-state index in [1.54, 1.807) is 26.2 Å². The molecule has 2 aromatic heterocycles. The molecule has 1 unspecified atom stereocenters. The van der Waals surface area contributed by atoms with Crippen molar-refractivity contribution in [1.29, 1.82) is 0 Å². The lowest BCUT2D eigenvalue weighted by Gasteiger charge is -2.35. The van der Waals surface area contributed by atoms with Crippen molar-refractivity contribution in [3.05, 3.63) is 47.8 Å². The molecule has 1 aromatic carbocycles. The maximum Gasteiger partial charge on any atom is 0.274 e. The van der Waals surface area contributed by atoms with Crippen LogP contribution in [0.3, 0.4) is 0 Å². The molecule has 14 nitrogen and oxygen atoms in total. The van der Waals surface area contributed by atoms with Gasteiger partial charge in [-0.1, -0.05) is 0 Å². The number of aromatic nitrogens is 4. The van der Waals surface area contributed by atoms with Gasteiger partial charge in [-0.3, -0.25) is 13.9 Å². The third-order valence-electron chi connectivity index (χ3n) is 8.86. The molecule has 4 N–H and O–H groups in total. The summed E-state index contributed by atoms with van der Waals surface area (Å²) >= 11 is 0. The highest BCUT2D eigenvalue weighted by atomic mass is 32.2. The van der Waals surface area contributed by atoms with Gasteiger partial charge < -0.3 is 30.9 Å². The number of ether oxygens (including phenoxy) is 1. The standard InChI is InChI=1S/C34H49N11O3S/c1-23(24(2)35)31(36)41-32-25-18-29(49(47)34(3,4)5)28(19-26(25)39-22-40-32)48-17-7-8-43-11-15-44(16-12-43)30-21-37-27(20-38-30)33(46)45-13-9-42(6)10-14-45/h18-22H,7-17,35H2,1-6H3,(H2,36,39,40,41). The Hall–Kier alpha value is -4.21. The Morgan fingerprint density at radius 1 is 0.959 bits per heavy atom. The van der Waals surface area contributed by atoms with Gasteiger partial charge in [0.2, 0.25) is 0 Å². The summed E-state index contributed by atoms with van der Waals surface area (Å²) in [5.41, 5.74) is 14.4. The highest BCUT2D eigenvalue weighted by Crippen LogP contribution is 2.35. The summed E-state index contributed by atoms with van der Waals surface area (Å²) in [5, 5.41) is 0.631. The Morgan fingerprint density at radius 2 is 1.67 bits per heavy atom. The van der Waals surface area contributed by atoms with E-state index in [0.717, 1.165) is 58.1 Å². The average Bonchev–Trinajstić information content (AvgIpc) is 3.09. The topological polar surface area (TPSA) is 172 Å². The van der Waals surface area contributed by atoms with Gasteiger partial charge in [0.05, 0.1) is 40.2 Å². The third kappa shape index (κ3) is 8.88. The number of nitrogens with two attached hydrogens (primary N) is 2. The van der Waals surface area contributed by atoms with Gasteiger partial charge in [0, 0.05) is 86.4 Å². The number of amidine groups is 1. The highest BCUT2D eigenvalue weighted by molar-refractivity contribution is 7.86. The molecule has 4 heterocycles. The van der Waals surface area contributed by atoms with Crippen LogP contribution in [0.1, 0.15) is 51.5 Å². The summed E-state index contributed by atoms with van der Waals surface area (Å²) in [7, 11) is 0.681. The van der Waals surface area contributed by atoms with Gasteiger partial charge in [0.1, 0.15) is 29.4 Å². The number of hydrogen-bond acceptors (Lipinski definition) is 12. The number of amides is 1. The fourth-order valence-corrected chi connectivity index (χ4v) is 6.75. The molecule has 49 heavy (non-hydrogen) atoms. The monoisotopic (exact) mass is 691 g/mol. The van der Waals surface area contributed by atoms with E-state index in [4.69, 9.17) is 16.2 Å². The summed E-state index contributed by atoms with van der Waals surface area (Å²) < 4.78 is 19.5. The van der Waals surface area contributed by atoms with Crippen molar-refractivity contribution >= 4 is 45.1 Å². The molecule has 2 aliphatic rings. The molecular weight excluding hydrogens is 643 g/mol. The van der Waals surface area contributed by atoms with Crippen molar-refractivity contribution in [3.63, 3.8) is 0 Å². The summed E-state index contributed by atoms with van der Waals surface area (Å²) in [6.07, 6.45) is 5.54. The van der Waals surface area contributed by atoms with E-state index < -0.39 is 15.5 Å². The molecule has 0 spiro atoms. The van der Waals surface area contributed by atoms with Crippen LogP contribution in [0.2, 0.25) is 0 Å². The maximum atomic E-state index is 13.7. The van der Waals surface area contributed by atoms with Gasteiger partial charge in [-0.25, -0.2) is 24.9 Å². The summed E-state index contributed by atoms with van der Waals surface area (Å²) in [6.45, 7) is 17.2. The van der Waals surface area contributed by atoms with Crippen molar-refractivity contribution in [2.45, 2.75) is 50.7 Å². The highest BCUT2D eigenvalue weighted by Gasteiger charge is 2.27. The lowest BCUT2D eigenvalue weighted by atomic mass is 10.2. The van der Waals surface area contributed by atoms with Crippen LogP contribution in [0, 0.1) is 0 Å². The first kappa shape index (κ1) is 36.1. The smallest absolute Gasteiger partial charge is 0.274 e. The molecule has 0 bridgehead atoms. The molecule has 15 heteroatoms. The van der Waals surface area contributed by atoms with E-state index in [2.05, 4.69) is 46.7 Å². The molecule has 2 aliphatic heterocycles. The number of carbonyl (C=O) groups is 1. The maximum absolute atomic E-state index is 13.7. The van der Waals surface area contributed by atoms with Crippen LogP contribution < -0.4 is 21.1 Å². The van der Waals surface area contributed by atoms with Crippen LogP contribution in [0.5, 0.6) is 5.75 Å². The number of anilines is 1. The predicted octanol–water partition coefficient (Wildman–Crippen LogP) is 2.55. The van der Waals surface area contributed by atoms with Gasteiger partial charge in [0.15, 0.2) is 5.82 Å². The Labute approximate surface area is 291 Å². The van der Waals surface area contributed by atoms with Crippen molar-refractivity contribution in [2.24, 2.45) is 16.5 Å². The molecule has 3 aromatic rings. The Kier molecular flexibility index (Phi) is 11.5. The summed E-state index contributed by atoms with van der Waals surface area (Å²) in [4.78, 5) is 44.4. The lowest BCUT2D eigenvalue weighted by molar-refractivity contribution is 0.0657. The normalized spacial score (nSPS) is 18.0. The minimum absolute atomic E-state index is 0.0573. The van der Waals surface area contributed by atoms with Crippen LogP contribution in [-0.4, -0.2) is 128 Å². The second-order valence-corrected chi connectivity index (χ2v) is 15.8. The molecule has 2 saturated heterocycles. The Morgan fingerprint density at radius 3 is 2.31 bits per heavy atom. The zero-order chi connectivity index (χ0) is 35.3. The minimum atomic E-state index is -1.38. The number of rotatable bonds is 10. The van der Waals surface area contributed by atoms with E-state index >= 15 is 0 Å². The summed E-state index contributed by atoms with van der Waals surface area (Å²) in [6, 6.07) is 3.62. The first-order valence-corrected chi connectivity index (χ1v) is 17.8. The van der Waals surface area contributed by atoms with E-state index in [0.29, 0.717) is 64.0 Å². The summed E-state index contributed by atoms with van der Waals surface area (Å²) in [5.74, 6) is 1.91. The number of hydrogen-bond donors (Lipinski definition) is 2. The Bertz CT molecular complexity index is 1720. The SMILES string of the molecule is CC(N)=C(C)C(N)=Nc1ncnc2cc(OCCCN3CCN(c4cnc(C(=O)N5CCN(C)CC5)cn4)CC3)c(S(=O)C(C)(C)C)cc12. The predicted molar refractivity (Wildman–Crippen MR) is 194 cm³/mol. The van der Waals surface area contributed by atoms with Crippen LogP contribution >= 0.6 is 0 Å². The molecule has 264 valence electrons. The number of aliphatic imine (C=N–C) groups is 1. The van der Waals surface area contributed by atoms with Crippen molar-refractivity contribution < 1.29 is 13.7 Å². The minimum Gasteiger partial charge on any atom is -0.492 e. The van der Waals surface area contributed by atoms with E-state index in [1.807, 2.05) is 37.8 Å². The molecule has 0 saturated carbocycles. The number of benzene rings is 1. The van der Waals surface area contributed by atoms with Gasteiger partial charge in [-0.05, 0) is 54.2 Å². The number of piperazine rings is 2. The zero-order valence-corrected chi connectivity index (χ0v) is 30.3. The van der Waals surface area contributed by atoms with Crippen molar-refractivity contribution in [1.82, 2.24) is 34.6 Å². The Balaban J connectivity index is 1.18. The molecular formula is C34H49N11O3S. The lowest BCUT2D eigenvalue weighted by Crippen LogP contribution is -2.47. The van der Waals surface area contributed by atoms with E-state index in [-0.39, 0.29) is 11.7 Å². The van der Waals surface area contributed by atoms with Crippen LogP contribution in [0.25, 0.3) is 10.9 Å². The first-order valence-electron chi connectivity index (χ1n) is 16.7. The molecule has 2 fully saturated rings. The van der Waals surface area contributed by atoms with Crippen molar-refractivity contribution in [2.75, 3.05) is 77.5 Å². The van der Waals surface area contributed by atoms with Crippen LogP contribution in [0.15, 0.2) is 52.0 Å². The number of nitrogens with zero attached hydrogens (tertiary/aromatic N) is 9. The van der Waals surface area contributed by atoms with Crippen molar-refractivity contribution in [3.8, 4) is 5.75 Å². The second kappa shape index (κ2) is 15.6. The van der Waals surface area contributed by atoms with E-state index in [9.17, 15) is 9.00 Å². The molecule has 1 amide bonds. The fraction of sp³-hybridized carbons (Fsp3) is 0.529. The largest absolute Gasteiger partial charge is 0.492 e. The third-order valence-corrected chi connectivity index (χ3v) is 10.7. The van der Waals surface area contributed by atoms with Gasteiger partial charge in [0.25, 0.3) is 5.91 Å². The number of carbonyl (C=O) groups excluding carboxylic acids is 1.